The van der Waals surface area contributed by atoms with Crippen LogP contribution in [0.1, 0.15) is 10.4 Å². The molecule has 0 atom stereocenters. The first-order valence-electron chi connectivity index (χ1n) is 7.51. The van der Waals surface area contributed by atoms with E-state index in [0.29, 0.717) is 28.2 Å². The van der Waals surface area contributed by atoms with Crippen LogP contribution in [-0.2, 0) is 7.05 Å². The summed E-state index contributed by atoms with van der Waals surface area (Å²) in [6.07, 6.45) is 6.42. The maximum absolute atomic E-state index is 13.5. The summed E-state index contributed by atoms with van der Waals surface area (Å²) in [4.78, 5) is 16.8. The molecule has 1 aromatic carbocycles. The van der Waals surface area contributed by atoms with Gasteiger partial charge in [-0.2, -0.15) is 10.2 Å². The Morgan fingerprint density at radius 3 is 3.00 bits per heavy atom. The fraction of sp³-hybridized carbons (Fsp3) is 0.0588. The van der Waals surface area contributed by atoms with E-state index in [0.717, 1.165) is 0 Å². The Morgan fingerprint density at radius 1 is 1.28 bits per heavy atom. The zero-order valence-electron chi connectivity index (χ0n) is 13.2. The lowest BCUT2D eigenvalue weighted by atomic mass is 10.1. The predicted molar refractivity (Wildman–Crippen MR) is 89.5 cm³/mol. The molecule has 0 bridgehead atoms. The third-order valence-electron chi connectivity index (χ3n) is 3.70. The van der Waals surface area contributed by atoms with E-state index in [9.17, 15) is 9.18 Å². The summed E-state index contributed by atoms with van der Waals surface area (Å²) in [5.41, 5.74) is 2.34. The minimum Gasteiger partial charge on any atom is -0.319 e. The number of hydrogen-bond donors (Lipinski definition) is 1. The SMILES string of the molecule is Cn1cc(NC(=O)c2cnn3cccnc23)c(-c2cccc(F)c2)n1. The van der Waals surface area contributed by atoms with Crippen molar-refractivity contribution in [1.82, 2.24) is 24.4 Å². The number of carbonyl (C=O) groups is 1. The van der Waals surface area contributed by atoms with Crippen LogP contribution in [0.3, 0.4) is 0 Å². The van der Waals surface area contributed by atoms with Gasteiger partial charge in [0.25, 0.3) is 5.91 Å². The quantitative estimate of drug-likeness (QED) is 0.624. The lowest BCUT2D eigenvalue weighted by molar-refractivity contribution is 0.102. The minimum absolute atomic E-state index is 0.342. The Labute approximate surface area is 141 Å². The number of anilines is 1. The van der Waals surface area contributed by atoms with Crippen LogP contribution in [0, 0.1) is 5.82 Å². The summed E-state index contributed by atoms with van der Waals surface area (Å²) < 4.78 is 16.6. The molecule has 124 valence electrons. The number of fused-ring (bicyclic) bond motifs is 1. The summed E-state index contributed by atoms with van der Waals surface area (Å²) >= 11 is 0. The van der Waals surface area contributed by atoms with Crippen molar-refractivity contribution in [3.05, 3.63) is 66.5 Å². The van der Waals surface area contributed by atoms with Crippen LogP contribution in [0.2, 0.25) is 0 Å². The first kappa shape index (κ1) is 15.0. The summed E-state index contributed by atoms with van der Waals surface area (Å²) in [7, 11) is 1.73. The van der Waals surface area contributed by atoms with Gasteiger partial charge in [0.05, 0.1) is 11.9 Å². The molecule has 4 rings (SSSR count). The smallest absolute Gasteiger partial charge is 0.261 e. The van der Waals surface area contributed by atoms with Gasteiger partial charge in [-0.1, -0.05) is 12.1 Å². The zero-order valence-corrected chi connectivity index (χ0v) is 13.2. The largest absolute Gasteiger partial charge is 0.319 e. The van der Waals surface area contributed by atoms with Crippen LogP contribution in [0.25, 0.3) is 16.9 Å². The normalized spacial score (nSPS) is 11.0. The van der Waals surface area contributed by atoms with Crippen LogP contribution >= 0.6 is 0 Å². The number of nitrogens with one attached hydrogen (secondary N) is 1. The van der Waals surface area contributed by atoms with Crippen molar-refractivity contribution in [3.63, 3.8) is 0 Å². The van der Waals surface area contributed by atoms with Crippen molar-refractivity contribution in [2.75, 3.05) is 5.32 Å². The molecule has 1 N–H and O–H groups in total. The van der Waals surface area contributed by atoms with Gasteiger partial charge >= 0.3 is 0 Å². The van der Waals surface area contributed by atoms with Gasteiger partial charge in [-0.15, -0.1) is 0 Å². The fourth-order valence-electron chi connectivity index (χ4n) is 2.61. The second kappa shape index (κ2) is 5.82. The first-order valence-corrected chi connectivity index (χ1v) is 7.51. The van der Waals surface area contributed by atoms with Crippen LogP contribution in [0.15, 0.2) is 55.1 Å². The van der Waals surface area contributed by atoms with E-state index in [1.165, 1.54) is 22.8 Å². The average molecular weight is 336 g/mol. The minimum atomic E-state index is -0.368. The van der Waals surface area contributed by atoms with Gasteiger partial charge < -0.3 is 5.32 Å². The fourth-order valence-corrected chi connectivity index (χ4v) is 2.61. The Bertz CT molecular complexity index is 1080. The van der Waals surface area contributed by atoms with Crippen LogP contribution in [0.5, 0.6) is 0 Å². The van der Waals surface area contributed by atoms with Crippen molar-refractivity contribution >= 4 is 17.2 Å². The molecule has 0 radical (unpaired) electrons. The van der Waals surface area contributed by atoms with Gasteiger partial charge in [0.1, 0.15) is 17.1 Å². The molecule has 3 aromatic heterocycles. The highest BCUT2D eigenvalue weighted by Gasteiger charge is 2.18. The highest BCUT2D eigenvalue weighted by atomic mass is 19.1. The lowest BCUT2D eigenvalue weighted by Gasteiger charge is -2.04. The lowest BCUT2D eigenvalue weighted by Crippen LogP contribution is -2.12. The second-order valence-electron chi connectivity index (χ2n) is 5.48. The first-order chi connectivity index (χ1) is 12.1. The number of aryl methyl sites for hydroxylation is 1. The molecule has 1 amide bonds. The number of aromatic nitrogens is 5. The summed E-state index contributed by atoms with van der Waals surface area (Å²) in [5, 5.41) is 11.2. The van der Waals surface area contributed by atoms with Crippen molar-refractivity contribution < 1.29 is 9.18 Å². The second-order valence-corrected chi connectivity index (χ2v) is 5.48. The van der Waals surface area contributed by atoms with Gasteiger partial charge in [-0.3, -0.25) is 9.48 Å². The molecular weight excluding hydrogens is 323 g/mol. The Morgan fingerprint density at radius 2 is 2.16 bits per heavy atom. The van der Waals surface area contributed by atoms with Gasteiger partial charge in [0.2, 0.25) is 0 Å². The van der Waals surface area contributed by atoms with Gasteiger partial charge in [-0.25, -0.2) is 13.9 Å². The Balaban J connectivity index is 1.70. The molecule has 0 aliphatic carbocycles. The summed E-state index contributed by atoms with van der Waals surface area (Å²) in [6.45, 7) is 0. The van der Waals surface area contributed by atoms with Gasteiger partial charge in [0, 0.05) is 31.2 Å². The summed E-state index contributed by atoms with van der Waals surface area (Å²) in [6, 6.07) is 7.78. The number of carbonyl (C=O) groups excluding carboxylic acids is 1. The molecule has 0 unspecified atom stereocenters. The molecule has 0 spiro atoms. The molecule has 0 saturated carbocycles. The number of amides is 1. The van der Waals surface area contributed by atoms with E-state index in [2.05, 4.69) is 20.5 Å². The molecule has 7 nitrogen and oxygen atoms in total. The van der Waals surface area contributed by atoms with Crippen molar-refractivity contribution in [3.8, 4) is 11.3 Å². The van der Waals surface area contributed by atoms with E-state index in [1.807, 2.05) is 0 Å². The number of nitrogens with zero attached hydrogens (tertiary/aromatic N) is 5. The van der Waals surface area contributed by atoms with Crippen molar-refractivity contribution in [2.24, 2.45) is 7.05 Å². The zero-order chi connectivity index (χ0) is 17.4. The molecule has 3 heterocycles. The molecular formula is C17H13FN6O. The molecule has 0 aliphatic heterocycles. The van der Waals surface area contributed by atoms with Crippen molar-refractivity contribution in [2.45, 2.75) is 0 Å². The van der Waals surface area contributed by atoms with E-state index in [-0.39, 0.29) is 11.7 Å². The number of halogens is 1. The Kier molecular flexibility index (Phi) is 3.50. The molecule has 8 heteroatoms. The third-order valence-corrected chi connectivity index (χ3v) is 3.70. The topological polar surface area (TPSA) is 77.1 Å². The molecule has 0 saturated heterocycles. The third kappa shape index (κ3) is 2.74. The highest BCUT2D eigenvalue weighted by Crippen LogP contribution is 2.27. The number of benzene rings is 1. The molecule has 4 aromatic rings. The summed E-state index contributed by atoms with van der Waals surface area (Å²) in [5.74, 6) is -0.730. The highest BCUT2D eigenvalue weighted by molar-refractivity contribution is 6.09. The van der Waals surface area contributed by atoms with E-state index in [1.54, 1.807) is 48.5 Å². The Hall–Kier alpha value is -3.55. The van der Waals surface area contributed by atoms with E-state index in [4.69, 9.17) is 0 Å². The molecule has 0 fully saturated rings. The number of rotatable bonds is 3. The van der Waals surface area contributed by atoms with E-state index >= 15 is 0 Å². The molecule has 25 heavy (non-hydrogen) atoms. The van der Waals surface area contributed by atoms with Gasteiger partial charge in [-0.05, 0) is 18.2 Å². The van der Waals surface area contributed by atoms with Gasteiger partial charge in [0.15, 0.2) is 5.65 Å². The molecule has 0 aliphatic rings. The van der Waals surface area contributed by atoms with Crippen LogP contribution < -0.4 is 5.32 Å². The monoisotopic (exact) mass is 336 g/mol. The predicted octanol–water partition coefficient (Wildman–Crippen LogP) is 2.52. The number of hydrogen-bond acceptors (Lipinski definition) is 4. The maximum atomic E-state index is 13.5. The van der Waals surface area contributed by atoms with E-state index < -0.39 is 0 Å². The van der Waals surface area contributed by atoms with Crippen LogP contribution in [-0.4, -0.2) is 30.3 Å². The maximum Gasteiger partial charge on any atom is 0.261 e. The van der Waals surface area contributed by atoms with Crippen LogP contribution in [0.4, 0.5) is 10.1 Å². The standard InChI is InChI=1S/C17H13FN6O/c1-23-10-14(15(22-23)11-4-2-5-12(18)8-11)21-17(25)13-9-20-24-7-3-6-19-16(13)24/h2-10H,1H3,(H,21,25). The average Bonchev–Trinajstić information content (AvgIpc) is 3.18. The van der Waals surface area contributed by atoms with Crippen molar-refractivity contribution in [1.29, 1.82) is 0 Å².